The van der Waals surface area contributed by atoms with E-state index >= 15 is 0 Å². The molecule has 0 radical (unpaired) electrons. The van der Waals surface area contributed by atoms with Crippen LogP contribution in [0, 0.1) is 0 Å². The molecule has 1 fully saturated rings. The fraction of sp³-hybridized carbons (Fsp3) is 0.280. The van der Waals surface area contributed by atoms with E-state index in [1.54, 1.807) is 16.2 Å². The molecule has 2 heterocycles. The number of thiophene rings is 1. The largest absolute Gasteiger partial charge is 0.377 e. The monoisotopic (exact) mass is 434 g/mol. The second-order valence-corrected chi connectivity index (χ2v) is 8.47. The molecule has 2 amide bonds. The lowest BCUT2D eigenvalue weighted by atomic mass is 9.99. The summed E-state index contributed by atoms with van der Waals surface area (Å²) in [7, 11) is 0. The lowest BCUT2D eigenvalue weighted by Crippen LogP contribution is -2.58. The van der Waals surface area contributed by atoms with Crippen molar-refractivity contribution in [3.05, 3.63) is 82.7 Å². The van der Waals surface area contributed by atoms with Gasteiger partial charge in [-0.2, -0.15) is 0 Å². The summed E-state index contributed by atoms with van der Waals surface area (Å²) in [6.45, 7) is 4.11. The van der Waals surface area contributed by atoms with Gasteiger partial charge in [-0.3, -0.25) is 9.59 Å². The number of hydrogen-bond acceptors (Lipinski definition) is 4. The van der Waals surface area contributed by atoms with Crippen LogP contribution in [-0.4, -0.2) is 42.5 Å². The number of nitrogens with one attached hydrogen (secondary N) is 1. The quantitative estimate of drug-likeness (QED) is 0.608. The van der Waals surface area contributed by atoms with E-state index in [1.807, 2.05) is 49.4 Å². The van der Waals surface area contributed by atoms with E-state index in [4.69, 9.17) is 4.74 Å². The highest BCUT2D eigenvalue weighted by Crippen LogP contribution is 2.25. The zero-order valence-electron chi connectivity index (χ0n) is 17.5. The molecule has 1 saturated heterocycles. The molecule has 3 aromatic rings. The molecule has 160 valence electrons. The van der Waals surface area contributed by atoms with Crippen LogP contribution >= 0.6 is 11.3 Å². The van der Waals surface area contributed by atoms with Crippen molar-refractivity contribution in [2.24, 2.45) is 0 Å². The first-order valence-electron chi connectivity index (χ1n) is 10.5. The van der Waals surface area contributed by atoms with Gasteiger partial charge in [0.1, 0.15) is 6.04 Å². The van der Waals surface area contributed by atoms with Crippen LogP contribution in [0.5, 0.6) is 0 Å². The van der Waals surface area contributed by atoms with Gasteiger partial charge in [-0.05, 0) is 47.2 Å². The second kappa shape index (κ2) is 9.90. The topological polar surface area (TPSA) is 58.6 Å². The molecule has 0 spiro atoms. The summed E-state index contributed by atoms with van der Waals surface area (Å²) in [5.74, 6) is -0.215. The lowest BCUT2D eigenvalue weighted by Gasteiger charge is -2.35. The predicted octanol–water partition coefficient (Wildman–Crippen LogP) is 4.13. The van der Waals surface area contributed by atoms with Gasteiger partial charge in [-0.15, -0.1) is 11.3 Å². The third-order valence-electron chi connectivity index (χ3n) is 5.45. The first-order chi connectivity index (χ1) is 15.2. The Morgan fingerprint density at radius 3 is 2.52 bits per heavy atom. The minimum atomic E-state index is -0.517. The molecule has 1 aliphatic rings. The maximum absolute atomic E-state index is 13.2. The van der Waals surface area contributed by atoms with Crippen LogP contribution in [0.1, 0.15) is 28.4 Å². The summed E-state index contributed by atoms with van der Waals surface area (Å²) in [4.78, 5) is 28.8. The van der Waals surface area contributed by atoms with Gasteiger partial charge < -0.3 is 15.0 Å². The molecule has 4 rings (SSSR count). The zero-order valence-corrected chi connectivity index (χ0v) is 18.4. The van der Waals surface area contributed by atoms with E-state index in [1.165, 1.54) is 4.88 Å². The molecule has 1 N–H and O–H groups in total. The third kappa shape index (κ3) is 5.03. The highest BCUT2D eigenvalue weighted by molar-refractivity contribution is 7.13. The van der Waals surface area contributed by atoms with E-state index in [9.17, 15) is 9.59 Å². The Morgan fingerprint density at radius 1 is 1.10 bits per heavy atom. The third-order valence-corrected chi connectivity index (χ3v) is 6.37. The van der Waals surface area contributed by atoms with Crippen molar-refractivity contribution in [3.63, 3.8) is 0 Å². The number of carbonyl (C=O) groups is 2. The van der Waals surface area contributed by atoms with Gasteiger partial charge in [0.2, 0.25) is 5.91 Å². The molecule has 0 saturated carbocycles. The van der Waals surface area contributed by atoms with Crippen LogP contribution in [0.15, 0.2) is 66.0 Å². The van der Waals surface area contributed by atoms with E-state index in [-0.39, 0.29) is 11.8 Å². The van der Waals surface area contributed by atoms with Crippen molar-refractivity contribution in [1.82, 2.24) is 10.2 Å². The number of benzene rings is 2. The van der Waals surface area contributed by atoms with Crippen LogP contribution in [-0.2, 0) is 22.6 Å². The van der Waals surface area contributed by atoms with Crippen molar-refractivity contribution in [2.45, 2.75) is 26.0 Å². The molecule has 5 nitrogen and oxygen atoms in total. The summed E-state index contributed by atoms with van der Waals surface area (Å²) >= 11 is 1.70. The number of hydrogen-bond donors (Lipinski definition) is 1. The Labute approximate surface area is 186 Å². The Morgan fingerprint density at radius 2 is 1.84 bits per heavy atom. The first-order valence-corrected chi connectivity index (χ1v) is 11.4. The number of ether oxygens (including phenoxy) is 1. The molecular weight excluding hydrogens is 408 g/mol. The lowest BCUT2D eigenvalue weighted by molar-refractivity contribution is -0.127. The Balaban J connectivity index is 1.49. The van der Waals surface area contributed by atoms with Crippen LogP contribution in [0.25, 0.3) is 10.4 Å². The van der Waals surface area contributed by atoms with Gasteiger partial charge in [0.25, 0.3) is 5.91 Å². The van der Waals surface area contributed by atoms with Crippen LogP contribution < -0.4 is 5.32 Å². The standard InChI is InChI=1S/C25H26N2O3S/c1-2-30-17-19-7-11-21(12-8-19)25(29)27-14-13-26-24(28)22(27)16-18-5-9-20(10-6-18)23-4-3-15-31-23/h3-12,15,22H,2,13-14,16-17H2,1H3,(H,26,28)/t22-/m0/s1. The molecule has 0 unspecified atom stereocenters. The van der Waals surface area contributed by atoms with Crippen molar-refractivity contribution in [2.75, 3.05) is 19.7 Å². The molecule has 1 aliphatic heterocycles. The predicted molar refractivity (Wildman–Crippen MR) is 123 cm³/mol. The van der Waals surface area contributed by atoms with E-state index in [0.29, 0.717) is 38.3 Å². The molecular formula is C25H26N2O3S. The number of piperazine rings is 1. The SMILES string of the molecule is CCOCc1ccc(C(=O)N2CCNC(=O)[C@@H]2Cc2ccc(-c3cccs3)cc2)cc1. The minimum Gasteiger partial charge on any atom is -0.377 e. The molecule has 6 heteroatoms. The molecule has 1 atom stereocenters. The summed E-state index contributed by atoms with van der Waals surface area (Å²) in [5, 5.41) is 4.97. The average molecular weight is 435 g/mol. The van der Waals surface area contributed by atoms with Crippen molar-refractivity contribution >= 4 is 23.2 Å². The van der Waals surface area contributed by atoms with Gasteiger partial charge in [0.15, 0.2) is 0 Å². The number of amides is 2. The maximum atomic E-state index is 13.2. The summed E-state index contributed by atoms with van der Waals surface area (Å²) in [6.07, 6.45) is 0.491. The Hall–Kier alpha value is -2.96. The summed E-state index contributed by atoms with van der Waals surface area (Å²) in [6, 6.07) is 19.3. The molecule has 0 aliphatic carbocycles. The Bertz CT molecular complexity index is 1010. The Kier molecular flexibility index (Phi) is 6.79. The zero-order chi connectivity index (χ0) is 21.6. The maximum Gasteiger partial charge on any atom is 0.254 e. The number of carbonyl (C=O) groups excluding carboxylic acids is 2. The minimum absolute atomic E-state index is 0.102. The average Bonchev–Trinajstić information content (AvgIpc) is 3.34. The van der Waals surface area contributed by atoms with E-state index in [2.05, 4.69) is 28.9 Å². The molecule has 31 heavy (non-hydrogen) atoms. The van der Waals surface area contributed by atoms with Gasteiger partial charge in [0.05, 0.1) is 6.61 Å². The summed E-state index contributed by atoms with van der Waals surface area (Å²) in [5.41, 5.74) is 3.81. The summed E-state index contributed by atoms with van der Waals surface area (Å²) < 4.78 is 5.42. The first kappa shape index (κ1) is 21.3. The molecule has 1 aromatic heterocycles. The molecule has 0 bridgehead atoms. The number of rotatable bonds is 7. The van der Waals surface area contributed by atoms with Gasteiger partial charge in [0, 0.05) is 36.6 Å². The molecule has 2 aromatic carbocycles. The van der Waals surface area contributed by atoms with Crippen LogP contribution in [0.2, 0.25) is 0 Å². The van der Waals surface area contributed by atoms with E-state index in [0.717, 1.165) is 16.7 Å². The van der Waals surface area contributed by atoms with E-state index < -0.39 is 6.04 Å². The van der Waals surface area contributed by atoms with Crippen molar-refractivity contribution in [3.8, 4) is 10.4 Å². The highest BCUT2D eigenvalue weighted by Gasteiger charge is 2.33. The van der Waals surface area contributed by atoms with Crippen LogP contribution in [0.4, 0.5) is 0 Å². The van der Waals surface area contributed by atoms with Gasteiger partial charge >= 0.3 is 0 Å². The van der Waals surface area contributed by atoms with Gasteiger partial charge in [-0.1, -0.05) is 42.5 Å². The smallest absolute Gasteiger partial charge is 0.254 e. The second-order valence-electron chi connectivity index (χ2n) is 7.52. The fourth-order valence-corrected chi connectivity index (χ4v) is 4.49. The van der Waals surface area contributed by atoms with Crippen molar-refractivity contribution < 1.29 is 14.3 Å². The van der Waals surface area contributed by atoms with Crippen molar-refractivity contribution in [1.29, 1.82) is 0 Å². The van der Waals surface area contributed by atoms with Gasteiger partial charge in [-0.25, -0.2) is 0 Å². The van der Waals surface area contributed by atoms with Crippen LogP contribution in [0.3, 0.4) is 0 Å². The highest BCUT2D eigenvalue weighted by atomic mass is 32.1. The number of nitrogens with zero attached hydrogens (tertiary/aromatic N) is 1. The normalized spacial score (nSPS) is 16.2. The fourth-order valence-electron chi connectivity index (χ4n) is 3.76.